The highest BCUT2D eigenvalue weighted by Gasteiger charge is 1.35. The standard InChI is InChI=1S/C2H2NO/c1-2-3-4/h1H2. The van der Waals surface area contributed by atoms with E-state index in [4.69, 9.17) is 5.21 Å². The first-order valence-corrected chi connectivity index (χ1v) is 0.760. The van der Waals surface area contributed by atoms with Crippen LogP contribution in [-0.2, 0) is 0 Å². The first-order chi connectivity index (χ1) is 1.91. The molecule has 1 radical (unpaired) electrons. The minimum atomic E-state index is 1.75. The third-order valence-electron chi connectivity index (χ3n) is 0.0645. The van der Waals surface area contributed by atoms with Gasteiger partial charge < -0.3 is 5.21 Å². The van der Waals surface area contributed by atoms with Gasteiger partial charge in [0.1, 0.15) is 5.16 Å². The molecule has 0 saturated heterocycles. The molecule has 0 unspecified atom stereocenters. The summed E-state index contributed by atoms with van der Waals surface area (Å²) in [5, 5.41) is 10.9. The Morgan fingerprint density at radius 2 is 2.25 bits per heavy atom. The summed E-state index contributed by atoms with van der Waals surface area (Å²) in [5.74, 6) is 1.75. The lowest BCUT2D eigenvalue weighted by atomic mass is 11.2. The number of rotatable bonds is 0. The van der Waals surface area contributed by atoms with Crippen LogP contribution in [0.5, 0.6) is 0 Å². The molecule has 0 aliphatic heterocycles. The van der Waals surface area contributed by atoms with Crippen LogP contribution < -0.4 is 5.16 Å². The maximum Gasteiger partial charge on any atom is 0.254 e. The Kier molecular flexibility index (Phi) is 1.83. The normalized spacial score (nSPS) is 4.00. The zero-order chi connectivity index (χ0) is 3.41. The van der Waals surface area contributed by atoms with Gasteiger partial charge in [-0.25, -0.2) is 0 Å². The quantitative estimate of drug-likeness (QED) is 0.213. The summed E-state index contributed by atoms with van der Waals surface area (Å²) in [5.41, 5.74) is 0. The van der Waals surface area contributed by atoms with Gasteiger partial charge in [-0.3, -0.25) is 0 Å². The Morgan fingerprint density at radius 3 is 2.25 bits per heavy atom. The molecule has 0 aromatic rings. The average molecular weight is 56.0 g/mol. The zero-order valence-corrected chi connectivity index (χ0v) is 2.06. The fourth-order valence-corrected chi connectivity index (χ4v) is 0. The Hall–Kier alpha value is -0.750. The zero-order valence-electron chi connectivity index (χ0n) is 2.06. The van der Waals surface area contributed by atoms with E-state index in [-0.39, 0.29) is 0 Å². The Morgan fingerprint density at radius 1 is 2.00 bits per heavy atom. The average Bonchev–Trinajstić information content (AvgIpc) is 1.37. The largest absolute Gasteiger partial charge is 0.551 e. The third-order valence-corrected chi connectivity index (χ3v) is 0.0645. The van der Waals surface area contributed by atoms with Gasteiger partial charge in [0.05, 0.1) is 0 Å². The van der Waals surface area contributed by atoms with E-state index in [1.807, 2.05) is 0 Å². The summed E-state index contributed by atoms with van der Waals surface area (Å²) in [6.45, 7) is 2.88. The highest BCUT2D eigenvalue weighted by Crippen LogP contribution is 1.08. The molecule has 21 valence electrons. The van der Waals surface area contributed by atoms with Gasteiger partial charge in [-0.05, 0) is 0 Å². The minimum Gasteiger partial charge on any atom is -0.551 e. The second kappa shape index (κ2) is 2.25. The van der Waals surface area contributed by atoms with Crippen LogP contribution in [0, 0.1) is 5.21 Å². The van der Waals surface area contributed by atoms with Gasteiger partial charge in [-0.1, -0.05) is 0 Å². The molecular formula is C2H2NO. The fraction of sp³-hybridized carbons (Fsp3) is 0. The van der Waals surface area contributed by atoms with Crippen molar-refractivity contribution < 1.29 is 0 Å². The van der Waals surface area contributed by atoms with Crippen molar-refractivity contribution in [3.63, 3.8) is 0 Å². The van der Waals surface area contributed by atoms with Crippen LogP contribution in [0.1, 0.15) is 0 Å². The molecule has 0 amide bonds. The first-order valence-electron chi connectivity index (χ1n) is 0.760. The SMILES string of the molecule is C=C=[N+][O-]. The van der Waals surface area contributed by atoms with Gasteiger partial charge in [0.2, 0.25) is 0 Å². The smallest absolute Gasteiger partial charge is 0.254 e. The van der Waals surface area contributed by atoms with Gasteiger partial charge in [-0.2, -0.15) is 0 Å². The highest BCUT2D eigenvalue weighted by atomic mass is 16.4. The Bertz CT molecular complexity index is 44.0. The van der Waals surface area contributed by atoms with Crippen LogP contribution in [0.25, 0.3) is 0 Å². The van der Waals surface area contributed by atoms with Gasteiger partial charge in [0.25, 0.3) is 5.87 Å². The van der Waals surface area contributed by atoms with E-state index < -0.39 is 0 Å². The molecule has 2 nitrogen and oxygen atoms in total. The molecule has 0 atom stereocenters. The predicted octanol–water partition coefficient (Wildman–Crippen LogP) is -0.324. The van der Waals surface area contributed by atoms with Crippen LogP contribution in [0.4, 0.5) is 0 Å². The molecule has 0 bridgehead atoms. The maximum absolute atomic E-state index is 8.75. The van der Waals surface area contributed by atoms with Gasteiger partial charge in [0, 0.05) is 6.58 Å². The second-order valence-electron chi connectivity index (χ2n) is 0.249. The van der Waals surface area contributed by atoms with E-state index in [2.05, 4.69) is 11.7 Å². The predicted molar refractivity (Wildman–Crippen MR) is 16.1 cm³/mol. The van der Waals surface area contributed by atoms with E-state index in [1.165, 1.54) is 0 Å². The molecule has 0 N–H and O–H groups in total. The molecule has 0 aromatic carbocycles. The molecule has 0 rings (SSSR count). The summed E-state index contributed by atoms with van der Waals surface area (Å²) in [6, 6.07) is 0. The summed E-state index contributed by atoms with van der Waals surface area (Å²) >= 11 is 0. The monoisotopic (exact) mass is 56.0 g/mol. The lowest BCUT2D eigenvalue weighted by molar-refractivity contribution is 1.46. The summed E-state index contributed by atoms with van der Waals surface area (Å²) in [7, 11) is 0. The van der Waals surface area contributed by atoms with Crippen molar-refractivity contribution in [3.05, 3.63) is 11.8 Å². The Labute approximate surface area is 24.1 Å². The van der Waals surface area contributed by atoms with E-state index in [1.54, 1.807) is 5.87 Å². The summed E-state index contributed by atoms with van der Waals surface area (Å²) < 4.78 is 0. The Balaban J connectivity index is 3.11. The van der Waals surface area contributed by atoms with Crippen LogP contribution in [0.3, 0.4) is 0 Å². The fourth-order valence-electron chi connectivity index (χ4n) is 0. The van der Waals surface area contributed by atoms with Crippen LogP contribution in [0.2, 0.25) is 0 Å². The number of hydrogen-bond acceptors (Lipinski definition) is 2. The van der Waals surface area contributed by atoms with E-state index in [0.29, 0.717) is 0 Å². The number of hydrogen-bond donors (Lipinski definition) is 0. The minimum absolute atomic E-state index is 1.75. The van der Waals surface area contributed by atoms with Crippen LogP contribution in [-0.4, -0.2) is 5.87 Å². The van der Waals surface area contributed by atoms with Gasteiger partial charge >= 0.3 is 0 Å². The van der Waals surface area contributed by atoms with Crippen molar-refractivity contribution in [2.75, 3.05) is 0 Å². The maximum atomic E-state index is 8.75. The van der Waals surface area contributed by atoms with Gasteiger partial charge in [0.15, 0.2) is 0 Å². The van der Waals surface area contributed by atoms with Crippen molar-refractivity contribution in [3.8, 4) is 0 Å². The topological polar surface area (TPSA) is 37.2 Å². The lowest BCUT2D eigenvalue weighted by Crippen LogP contribution is -1.59. The molecule has 0 aliphatic carbocycles. The molecule has 0 heterocycles. The molecule has 4 heavy (non-hydrogen) atoms. The molecule has 2 heteroatoms. The highest BCUT2D eigenvalue weighted by molar-refractivity contribution is 5.44. The van der Waals surface area contributed by atoms with E-state index in [9.17, 15) is 0 Å². The first kappa shape index (κ1) is 3.25. The van der Waals surface area contributed by atoms with Crippen LogP contribution in [0.15, 0.2) is 6.58 Å². The number of nitrogens with zero attached hydrogens (tertiary/aromatic N) is 1. The summed E-state index contributed by atoms with van der Waals surface area (Å²) in [6.07, 6.45) is 0. The molecule has 0 aliphatic rings. The van der Waals surface area contributed by atoms with E-state index >= 15 is 0 Å². The van der Waals surface area contributed by atoms with Crippen molar-refractivity contribution in [1.82, 2.24) is 5.16 Å². The van der Waals surface area contributed by atoms with Crippen molar-refractivity contribution >= 4 is 5.87 Å². The van der Waals surface area contributed by atoms with Crippen molar-refractivity contribution in [1.29, 1.82) is 0 Å². The van der Waals surface area contributed by atoms with Crippen molar-refractivity contribution in [2.24, 2.45) is 0 Å². The lowest BCUT2D eigenvalue weighted by Gasteiger charge is -1.41. The molecule has 0 spiro atoms. The van der Waals surface area contributed by atoms with Crippen LogP contribution >= 0.6 is 0 Å². The van der Waals surface area contributed by atoms with E-state index in [0.717, 1.165) is 0 Å². The van der Waals surface area contributed by atoms with Crippen molar-refractivity contribution in [2.45, 2.75) is 0 Å². The summed E-state index contributed by atoms with van der Waals surface area (Å²) in [4.78, 5) is 0. The molecule has 0 aromatic heterocycles. The third kappa shape index (κ3) is 1.25. The van der Waals surface area contributed by atoms with Gasteiger partial charge in [-0.15, -0.1) is 0 Å². The molecular weight excluding hydrogens is 54.0 g/mol. The molecule has 0 saturated carbocycles. The second-order valence-corrected chi connectivity index (χ2v) is 0.249. The molecule has 0 fully saturated rings.